The van der Waals surface area contributed by atoms with Crippen LogP contribution in [0.15, 0.2) is 40.9 Å². The van der Waals surface area contributed by atoms with Crippen molar-refractivity contribution in [3.63, 3.8) is 0 Å². The number of halogens is 2. The van der Waals surface area contributed by atoms with E-state index >= 15 is 0 Å². The molecule has 0 N–H and O–H groups in total. The molecule has 32 heavy (non-hydrogen) atoms. The molecule has 5 rings (SSSR count). The molecular formula is C23H20F2N4O3. The van der Waals surface area contributed by atoms with Crippen LogP contribution >= 0.6 is 0 Å². The van der Waals surface area contributed by atoms with Crippen LogP contribution in [-0.4, -0.2) is 27.4 Å². The van der Waals surface area contributed by atoms with Crippen LogP contribution in [0.5, 0.6) is 0 Å². The van der Waals surface area contributed by atoms with Gasteiger partial charge in [0, 0.05) is 25.1 Å². The largest absolute Gasteiger partial charge is 0.449 e. The first kappa shape index (κ1) is 20.2. The fourth-order valence-corrected chi connectivity index (χ4v) is 4.32. The van der Waals surface area contributed by atoms with E-state index in [4.69, 9.17) is 14.2 Å². The van der Waals surface area contributed by atoms with Gasteiger partial charge in [-0.05, 0) is 43.7 Å². The Morgan fingerprint density at radius 1 is 1.09 bits per heavy atom. The Morgan fingerprint density at radius 3 is 2.62 bits per heavy atom. The molecule has 4 aromatic rings. The van der Waals surface area contributed by atoms with Crippen molar-refractivity contribution in [2.75, 3.05) is 11.5 Å². The lowest BCUT2D eigenvalue weighted by Gasteiger charge is -2.34. The van der Waals surface area contributed by atoms with Crippen LogP contribution in [0.1, 0.15) is 29.7 Å². The Labute approximate surface area is 182 Å². The number of carbonyl (C=O) groups excluding carboxylic acids is 1. The second-order valence-corrected chi connectivity index (χ2v) is 7.82. The smallest absolute Gasteiger partial charge is 0.414 e. The second kappa shape index (κ2) is 7.44. The SMILES string of the molecule is Cc1noc(C)c1-c1ccc2c(c1)nc([C@@H]1CCOC(=O)N1c1ccc(F)c(F)c1)n2C. The first-order chi connectivity index (χ1) is 15.3. The van der Waals surface area contributed by atoms with E-state index in [1.54, 1.807) is 0 Å². The van der Waals surface area contributed by atoms with Crippen molar-refractivity contribution in [3.8, 4) is 11.1 Å². The van der Waals surface area contributed by atoms with Crippen LogP contribution < -0.4 is 4.90 Å². The third-order valence-electron chi connectivity index (χ3n) is 5.84. The molecule has 1 saturated heterocycles. The number of aryl methyl sites for hydroxylation is 3. The highest BCUT2D eigenvalue weighted by Gasteiger charge is 2.35. The van der Waals surface area contributed by atoms with E-state index in [1.807, 2.05) is 43.7 Å². The number of amides is 1. The van der Waals surface area contributed by atoms with Gasteiger partial charge in [0.25, 0.3) is 0 Å². The number of hydrogen-bond acceptors (Lipinski definition) is 5. The topological polar surface area (TPSA) is 73.4 Å². The minimum Gasteiger partial charge on any atom is -0.449 e. The highest BCUT2D eigenvalue weighted by Crippen LogP contribution is 2.36. The monoisotopic (exact) mass is 438 g/mol. The van der Waals surface area contributed by atoms with Gasteiger partial charge < -0.3 is 13.8 Å². The maximum Gasteiger partial charge on any atom is 0.414 e. The molecule has 7 nitrogen and oxygen atoms in total. The van der Waals surface area contributed by atoms with Crippen molar-refractivity contribution >= 4 is 22.8 Å². The van der Waals surface area contributed by atoms with Crippen LogP contribution in [0.3, 0.4) is 0 Å². The maximum atomic E-state index is 13.9. The van der Waals surface area contributed by atoms with Crippen molar-refractivity contribution in [1.29, 1.82) is 0 Å². The third-order valence-corrected chi connectivity index (χ3v) is 5.84. The average Bonchev–Trinajstić information content (AvgIpc) is 3.28. The van der Waals surface area contributed by atoms with Gasteiger partial charge >= 0.3 is 6.09 Å². The Kier molecular flexibility index (Phi) is 4.69. The molecule has 1 aliphatic rings. The molecule has 1 atom stereocenters. The summed E-state index contributed by atoms with van der Waals surface area (Å²) in [5.41, 5.74) is 4.46. The molecule has 2 aromatic carbocycles. The number of rotatable bonds is 3. The molecule has 0 bridgehead atoms. The van der Waals surface area contributed by atoms with Gasteiger partial charge in [0.15, 0.2) is 11.6 Å². The first-order valence-corrected chi connectivity index (χ1v) is 10.2. The Morgan fingerprint density at radius 2 is 1.91 bits per heavy atom. The minimum absolute atomic E-state index is 0.206. The number of aromatic nitrogens is 3. The highest BCUT2D eigenvalue weighted by molar-refractivity contribution is 5.90. The number of ether oxygens (including phenoxy) is 1. The van der Waals surface area contributed by atoms with Crippen LogP contribution in [0.2, 0.25) is 0 Å². The van der Waals surface area contributed by atoms with Crippen molar-refractivity contribution in [1.82, 2.24) is 14.7 Å². The molecule has 0 radical (unpaired) electrons. The number of anilines is 1. The fourth-order valence-electron chi connectivity index (χ4n) is 4.32. The van der Waals surface area contributed by atoms with Gasteiger partial charge in [-0.1, -0.05) is 11.2 Å². The quantitative estimate of drug-likeness (QED) is 0.439. The number of nitrogens with zero attached hydrogens (tertiary/aromatic N) is 4. The molecular weight excluding hydrogens is 418 g/mol. The van der Waals surface area contributed by atoms with E-state index in [-0.39, 0.29) is 12.3 Å². The van der Waals surface area contributed by atoms with Gasteiger partial charge in [0.2, 0.25) is 0 Å². The van der Waals surface area contributed by atoms with Crippen LogP contribution in [0.4, 0.5) is 19.3 Å². The van der Waals surface area contributed by atoms with Gasteiger partial charge in [0.05, 0.1) is 29.0 Å². The lowest BCUT2D eigenvalue weighted by Crippen LogP contribution is -2.41. The number of carbonyl (C=O) groups is 1. The summed E-state index contributed by atoms with van der Waals surface area (Å²) in [6.07, 6.45) is -0.172. The van der Waals surface area contributed by atoms with Gasteiger partial charge in [0.1, 0.15) is 17.6 Å². The maximum absolute atomic E-state index is 13.9. The highest BCUT2D eigenvalue weighted by atomic mass is 19.2. The summed E-state index contributed by atoms with van der Waals surface area (Å²) in [4.78, 5) is 18.8. The van der Waals surface area contributed by atoms with E-state index in [0.29, 0.717) is 12.2 Å². The van der Waals surface area contributed by atoms with E-state index in [1.165, 1.54) is 11.0 Å². The first-order valence-electron chi connectivity index (χ1n) is 10.2. The molecule has 1 amide bonds. The fraction of sp³-hybridized carbons (Fsp3) is 0.261. The van der Waals surface area contributed by atoms with E-state index in [0.717, 1.165) is 45.7 Å². The molecule has 164 valence electrons. The van der Waals surface area contributed by atoms with E-state index in [9.17, 15) is 13.6 Å². The molecule has 9 heteroatoms. The molecule has 1 aliphatic heterocycles. The molecule has 3 heterocycles. The van der Waals surface area contributed by atoms with Crippen LogP contribution in [0.25, 0.3) is 22.2 Å². The van der Waals surface area contributed by atoms with Gasteiger partial charge in [-0.2, -0.15) is 0 Å². The summed E-state index contributed by atoms with van der Waals surface area (Å²) in [5.74, 6) is -0.672. The summed E-state index contributed by atoms with van der Waals surface area (Å²) in [7, 11) is 1.86. The van der Waals surface area contributed by atoms with Crippen LogP contribution in [-0.2, 0) is 11.8 Å². The normalized spacial score (nSPS) is 16.6. The second-order valence-electron chi connectivity index (χ2n) is 7.82. The van der Waals surface area contributed by atoms with Crippen molar-refractivity contribution in [2.24, 2.45) is 7.05 Å². The number of hydrogen-bond donors (Lipinski definition) is 0. The standard InChI is InChI=1S/C23H20F2N4O3/c1-12-21(13(2)32-27-12)14-4-7-19-18(10-14)26-22(28(19)3)20-8-9-31-23(30)29(20)15-5-6-16(24)17(25)11-15/h4-7,10-11,20H,8-9H2,1-3H3/t20-/m0/s1. The van der Waals surface area contributed by atoms with Gasteiger partial charge in [-0.3, -0.25) is 4.90 Å². The van der Waals surface area contributed by atoms with E-state index < -0.39 is 23.8 Å². The molecule has 2 aromatic heterocycles. The Balaban J connectivity index is 1.61. The summed E-state index contributed by atoms with van der Waals surface area (Å²) in [6.45, 7) is 3.95. The van der Waals surface area contributed by atoms with Crippen molar-refractivity contribution in [3.05, 3.63) is 65.3 Å². The zero-order valence-electron chi connectivity index (χ0n) is 17.7. The third kappa shape index (κ3) is 3.12. The minimum atomic E-state index is -1.03. The molecule has 1 fully saturated rings. The molecule has 0 saturated carbocycles. The van der Waals surface area contributed by atoms with Crippen LogP contribution in [0, 0.1) is 25.5 Å². The lowest BCUT2D eigenvalue weighted by atomic mass is 10.0. The average molecular weight is 438 g/mol. The number of cyclic esters (lactones) is 1. The number of benzene rings is 2. The molecule has 0 spiro atoms. The van der Waals surface area contributed by atoms with E-state index in [2.05, 4.69) is 5.16 Å². The Bertz CT molecular complexity index is 1340. The van der Waals surface area contributed by atoms with Gasteiger partial charge in [-0.25, -0.2) is 18.6 Å². The predicted molar refractivity (Wildman–Crippen MR) is 113 cm³/mol. The summed E-state index contributed by atoms with van der Waals surface area (Å²) in [5, 5.41) is 4.02. The summed E-state index contributed by atoms with van der Waals surface area (Å²) < 4.78 is 39.7. The molecule has 0 unspecified atom stereocenters. The van der Waals surface area contributed by atoms with Crippen molar-refractivity contribution < 1.29 is 22.8 Å². The number of imidazole rings is 1. The number of fused-ring (bicyclic) bond motifs is 1. The zero-order chi connectivity index (χ0) is 22.6. The Hall–Kier alpha value is -3.75. The zero-order valence-corrected chi connectivity index (χ0v) is 17.7. The lowest BCUT2D eigenvalue weighted by molar-refractivity contribution is 0.127. The van der Waals surface area contributed by atoms with Crippen molar-refractivity contribution in [2.45, 2.75) is 26.3 Å². The molecule has 0 aliphatic carbocycles. The van der Waals surface area contributed by atoms with Gasteiger partial charge in [-0.15, -0.1) is 0 Å². The predicted octanol–water partition coefficient (Wildman–Crippen LogP) is 5.21. The summed E-state index contributed by atoms with van der Waals surface area (Å²) >= 11 is 0. The summed E-state index contributed by atoms with van der Waals surface area (Å²) in [6, 6.07) is 8.73.